The van der Waals surface area contributed by atoms with Crippen molar-refractivity contribution in [3.8, 4) is 0 Å². The van der Waals surface area contributed by atoms with Gasteiger partial charge in [0.05, 0.1) is 17.4 Å². The van der Waals surface area contributed by atoms with Crippen LogP contribution >= 0.6 is 0 Å². The summed E-state index contributed by atoms with van der Waals surface area (Å²) in [6, 6.07) is 14.1. The fourth-order valence-electron chi connectivity index (χ4n) is 3.47. The molecule has 1 N–H and O–H groups in total. The van der Waals surface area contributed by atoms with E-state index in [1.807, 2.05) is 11.9 Å². The minimum Gasteiger partial charge on any atom is -0.336 e. The number of nitrogens with zero attached hydrogens (tertiary/aromatic N) is 3. The molecule has 1 aliphatic heterocycles. The first-order chi connectivity index (χ1) is 13.5. The van der Waals surface area contributed by atoms with Crippen LogP contribution in [0.1, 0.15) is 15.9 Å². The number of carbonyl (C=O) groups is 1. The highest BCUT2D eigenvalue weighted by Crippen LogP contribution is 2.11. The Balaban J connectivity index is 1.55. The summed E-state index contributed by atoms with van der Waals surface area (Å²) in [5.74, 6) is 0.0142. The highest BCUT2D eigenvalue weighted by Gasteiger charge is 2.20. The number of amides is 1. The van der Waals surface area contributed by atoms with Gasteiger partial charge >= 0.3 is 5.69 Å². The van der Waals surface area contributed by atoms with Crippen molar-refractivity contribution < 1.29 is 4.79 Å². The zero-order valence-corrected chi connectivity index (χ0v) is 15.7. The maximum atomic E-state index is 12.6. The van der Waals surface area contributed by atoms with Crippen LogP contribution in [0.5, 0.6) is 0 Å². The second-order valence-corrected chi connectivity index (χ2v) is 7.16. The number of piperazine rings is 1. The van der Waals surface area contributed by atoms with Gasteiger partial charge in [-0.1, -0.05) is 24.3 Å². The first kappa shape index (κ1) is 18.2. The minimum absolute atomic E-state index is 0.0142. The van der Waals surface area contributed by atoms with E-state index in [-0.39, 0.29) is 18.0 Å². The number of H-pyrrole nitrogens is 1. The Morgan fingerprint density at radius 2 is 1.64 bits per heavy atom. The molecule has 1 saturated heterocycles. The fraction of sp³-hybridized carbons (Fsp3) is 0.286. The predicted molar refractivity (Wildman–Crippen MR) is 108 cm³/mol. The van der Waals surface area contributed by atoms with E-state index in [2.05, 4.69) is 9.88 Å². The third-order valence-electron chi connectivity index (χ3n) is 5.22. The quantitative estimate of drug-likeness (QED) is 0.741. The third-order valence-corrected chi connectivity index (χ3v) is 5.22. The van der Waals surface area contributed by atoms with E-state index in [1.165, 1.54) is 4.57 Å². The maximum Gasteiger partial charge on any atom is 0.329 e. The Bertz CT molecular complexity index is 1120. The SMILES string of the molecule is CN1CCN(C(=O)c2ccc(Cn3c(=O)[nH]c4ccccc4c3=O)cc2)CC1. The van der Waals surface area contributed by atoms with Crippen molar-refractivity contribution in [2.45, 2.75) is 6.54 Å². The van der Waals surface area contributed by atoms with Gasteiger partial charge in [0.15, 0.2) is 0 Å². The minimum atomic E-state index is -0.443. The number of hydrogen-bond donors (Lipinski definition) is 1. The molecule has 3 aromatic rings. The number of benzene rings is 2. The lowest BCUT2D eigenvalue weighted by Crippen LogP contribution is -2.47. The van der Waals surface area contributed by atoms with Gasteiger partial charge in [0, 0.05) is 31.7 Å². The van der Waals surface area contributed by atoms with E-state index in [1.54, 1.807) is 48.5 Å². The van der Waals surface area contributed by atoms with Crippen LogP contribution in [0.2, 0.25) is 0 Å². The van der Waals surface area contributed by atoms with Gasteiger partial charge in [0.1, 0.15) is 0 Å². The number of likely N-dealkylation sites (N-methyl/N-ethyl adjacent to an activating group) is 1. The monoisotopic (exact) mass is 378 g/mol. The molecule has 0 aliphatic carbocycles. The summed E-state index contributed by atoms with van der Waals surface area (Å²) >= 11 is 0. The molecule has 1 amide bonds. The molecule has 7 nitrogen and oxygen atoms in total. The first-order valence-electron chi connectivity index (χ1n) is 9.31. The van der Waals surface area contributed by atoms with Gasteiger partial charge in [0.25, 0.3) is 11.5 Å². The van der Waals surface area contributed by atoms with E-state index in [0.717, 1.165) is 31.7 Å². The van der Waals surface area contributed by atoms with Crippen LogP contribution in [0.15, 0.2) is 58.1 Å². The van der Waals surface area contributed by atoms with Gasteiger partial charge in [-0.25, -0.2) is 4.79 Å². The van der Waals surface area contributed by atoms with Crippen molar-refractivity contribution in [2.24, 2.45) is 0 Å². The lowest BCUT2D eigenvalue weighted by molar-refractivity contribution is 0.0664. The Kier molecular flexibility index (Phi) is 4.83. The predicted octanol–water partition coefficient (Wildman–Crippen LogP) is 1.13. The maximum absolute atomic E-state index is 12.6. The molecule has 0 saturated carbocycles. The molecule has 1 fully saturated rings. The topological polar surface area (TPSA) is 78.4 Å². The Labute approximate surface area is 161 Å². The molecule has 0 spiro atoms. The number of rotatable bonds is 3. The highest BCUT2D eigenvalue weighted by molar-refractivity contribution is 5.94. The molecule has 2 heterocycles. The second kappa shape index (κ2) is 7.44. The molecule has 1 aliphatic rings. The van der Waals surface area contributed by atoms with Crippen LogP contribution in [-0.4, -0.2) is 58.5 Å². The smallest absolute Gasteiger partial charge is 0.329 e. The molecule has 144 valence electrons. The zero-order valence-electron chi connectivity index (χ0n) is 15.7. The summed E-state index contributed by atoms with van der Waals surface area (Å²) < 4.78 is 1.18. The number of para-hydroxylation sites is 1. The average Bonchev–Trinajstić information content (AvgIpc) is 2.72. The van der Waals surface area contributed by atoms with E-state index in [9.17, 15) is 14.4 Å². The molecular formula is C21H22N4O3. The number of aromatic amines is 1. The van der Waals surface area contributed by atoms with Gasteiger partial charge in [0.2, 0.25) is 0 Å². The van der Waals surface area contributed by atoms with Crippen LogP contribution < -0.4 is 11.2 Å². The third kappa shape index (κ3) is 3.48. The lowest BCUT2D eigenvalue weighted by atomic mass is 10.1. The Hall–Kier alpha value is -3.19. The van der Waals surface area contributed by atoms with Gasteiger partial charge in [-0.15, -0.1) is 0 Å². The van der Waals surface area contributed by atoms with Crippen LogP contribution in [0.4, 0.5) is 0 Å². The van der Waals surface area contributed by atoms with Gasteiger partial charge in [-0.2, -0.15) is 0 Å². The molecule has 0 bridgehead atoms. The lowest BCUT2D eigenvalue weighted by Gasteiger charge is -2.32. The largest absolute Gasteiger partial charge is 0.336 e. The number of carbonyl (C=O) groups excluding carboxylic acids is 1. The van der Waals surface area contributed by atoms with Gasteiger partial charge in [-0.3, -0.25) is 14.2 Å². The van der Waals surface area contributed by atoms with Crippen molar-refractivity contribution in [3.05, 3.63) is 80.5 Å². The van der Waals surface area contributed by atoms with Crippen molar-refractivity contribution in [3.63, 3.8) is 0 Å². The average molecular weight is 378 g/mol. The summed E-state index contributed by atoms with van der Waals surface area (Å²) in [5, 5.41) is 0.476. The molecule has 4 rings (SSSR count). The molecule has 2 aromatic carbocycles. The first-order valence-corrected chi connectivity index (χ1v) is 9.31. The van der Waals surface area contributed by atoms with Crippen molar-refractivity contribution >= 4 is 16.8 Å². The van der Waals surface area contributed by atoms with Crippen LogP contribution in [0.3, 0.4) is 0 Å². The van der Waals surface area contributed by atoms with Crippen LogP contribution in [-0.2, 0) is 6.54 Å². The van der Waals surface area contributed by atoms with Crippen molar-refractivity contribution in [2.75, 3.05) is 33.2 Å². The molecule has 0 radical (unpaired) electrons. The van der Waals surface area contributed by atoms with E-state index in [0.29, 0.717) is 16.5 Å². The number of nitrogens with one attached hydrogen (secondary N) is 1. The number of fused-ring (bicyclic) bond motifs is 1. The Morgan fingerprint density at radius 1 is 0.964 bits per heavy atom. The van der Waals surface area contributed by atoms with E-state index < -0.39 is 5.69 Å². The standard InChI is InChI=1S/C21H22N4O3/c1-23-10-12-24(13-11-23)19(26)16-8-6-15(7-9-16)14-25-20(27)17-4-2-3-5-18(17)22-21(25)28/h2-9H,10-14H2,1H3,(H,22,28). The zero-order chi connectivity index (χ0) is 19.7. The van der Waals surface area contributed by atoms with Crippen molar-refractivity contribution in [1.82, 2.24) is 19.4 Å². The number of aromatic nitrogens is 2. The fourth-order valence-corrected chi connectivity index (χ4v) is 3.47. The summed E-state index contributed by atoms with van der Waals surface area (Å²) in [7, 11) is 2.05. The molecule has 28 heavy (non-hydrogen) atoms. The summed E-state index contributed by atoms with van der Waals surface area (Å²) in [6.45, 7) is 3.34. The summed E-state index contributed by atoms with van der Waals surface area (Å²) in [5.41, 5.74) is 1.17. The summed E-state index contributed by atoms with van der Waals surface area (Å²) in [6.07, 6.45) is 0. The summed E-state index contributed by atoms with van der Waals surface area (Å²) in [4.78, 5) is 44.4. The van der Waals surface area contributed by atoms with Crippen LogP contribution in [0.25, 0.3) is 10.9 Å². The molecular weight excluding hydrogens is 356 g/mol. The Morgan fingerprint density at radius 3 is 2.36 bits per heavy atom. The molecule has 1 aromatic heterocycles. The van der Waals surface area contributed by atoms with Crippen LogP contribution in [0, 0.1) is 0 Å². The van der Waals surface area contributed by atoms with Crippen molar-refractivity contribution in [1.29, 1.82) is 0 Å². The molecule has 0 unspecified atom stereocenters. The number of hydrogen-bond acceptors (Lipinski definition) is 4. The van der Waals surface area contributed by atoms with E-state index in [4.69, 9.17) is 0 Å². The van der Waals surface area contributed by atoms with Gasteiger partial charge < -0.3 is 14.8 Å². The molecule has 7 heteroatoms. The molecule has 0 atom stereocenters. The normalized spacial score (nSPS) is 15.1. The second-order valence-electron chi connectivity index (χ2n) is 7.16. The van der Waals surface area contributed by atoms with Gasteiger partial charge in [-0.05, 0) is 36.9 Å². The van der Waals surface area contributed by atoms with E-state index >= 15 is 0 Å². The highest BCUT2D eigenvalue weighted by atomic mass is 16.2.